The maximum atomic E-state index is 12.7. The normalized spacial score (nSPS) is 16.8. The first-order valence-electron chi connectivity index (χ1n) is 7.78. The van der Waals surface area contributed by atoms with Crippen LogP contribution in [0.1, 0.15) is 36.1 Å². The van der Waals surface area contributed by atoms with Crippen LogP contribution in [0, 0.1) is 0 Å². The molecule has 0 saturated carbocycles. The Bertz CT molecular complexity index is 969. The van der Waals surface area contributed by atoms with Crippen molar-refractivity contribution in [2.45, 2.75) is 32.2 Å². The van der Waals surface area contributed by atoms with Gasteiger partial charge in [-0.15, -0.1) is 0 Å². The molecule has 1 unspecified atom stereocenters. The lowest BCUT2D eigenvalue weighted by molar-refractivity contribution is -0.118. The summed E-state index contributed by atoms with van der Waals surface area (Å²) >= 11 is 9.59. The highest BCUT2D eigenvalue weighted by Crippen LogP contribution is 2.39. The summed E-state index contributed by atoms with van der Waals surface area (Å²) in [6, 6.07) is 5.93. The van der Waals surface area contributed by atoms with Gasteiger partial charge in [0.1, 0.15) is 0 Å². The third-order valence-corrected chi connectivity index (χ3v) is 4.92. The van der Waals surface area contributed by atoms with Crippen molar-refractivity contribution in [3.05, 3.63) is 51.0 Å². The van der Waals surface area contributed by atoms with E-state index in [1.807, 2.05) is 29.1 Å². The molecule has 3 aromatic rings. The third kappa shape index (κ3) is 2.54. The minimum atomic E-state index is -0.417. The van der Waals surface area contributed by atoms with Gasteiger partial charge in [0.2, 0.25) is 5.28 Å². The first kappa shape index (κ1) is 15.7. The molecule has 0 fully saturated rings. The minimum absolute atomic E-state index is 0.121. The number of hydrogen-bond donors (Lipinski definition) is 0. The van der Waals surface area contributed by atoms with Crippen LogP contribution in [-0.4, -0.2) is 25.5 Å². The number of ketones is 1. The lowest BCUT2D eigenvalue weighted by atomic mass is 9.95. The number of hydrogen-bond acceptors (Lipinski definition) is 4. The molecule has 0 radical (unpaired) electrons. The van der Waals surface area contributed by atoms with Gasteiger partial charge in [-0.25, -0.2) is 4.98 Å². The predicted molar refractivity (Wildman–Crippen MR) is 95.3 cm³/mol. The fraction of sp³-hybridized carbons (Fsp3) is 0.294. The standard InChI is InChI=1S/C17H14BrClN4O/c1-2-5-23-8-12-15(20-17(19)21-16(12)22-23)14-11-7-10(18)4-3-9(11)6-13(14)24/h3-4,7-8,14H,2,5-6H2,1H3. The molecule has 0 spiro atoms. The average molecular weight is 406 g/mol. The Morgan fingerprint density at radius 2 is 2.21 bits per heavy atom. The molecule has 4 rings (SSSR count). The van der Waals surface area contributed by atoms with Crippen molar-refractivity contribution < 1.29 is 4.79 Å². The molecule has 24 heavy (non-hydrogen) atoms. The SMILES string of the molecule is CCCn1cc2c(C3C(=O)Cc4ccc(Br)cc43)nc(Cl)nc2n1. The van der Waals surface area contributed by atoms with E-state index in [-0.39, 0.29) is 11.1 Å². The summed E-state index contributed by atoms with van der Waals surface area (Å²) in [5.41, 5.74) is 3.20. The van der Waals surface area contributed by atoms with E-state index in [2.05, 4.69) is 37.9 Å². The molecule has 0 aliphatic heterocycles. The van der Waals surface area contributed by atoms with Crippen molar-refractivity contribution in [3.63, 3.8) is 0 Å². The molecular formula is C17H14BrClN4O. The first-order valence-corrected chi connectivity index (χ1v) is 8.95. The smallest absolute Gasteiger partial charge is 0.224 e. The van der Waals surface area contributed by atoms with Crippen LogP contribution in [0.3, 0.4) is 0 Å². The Labute approximate surface area is 152 Å². The summed E-state index contributed by atoms with van der Waals surface area (Å²) in [6.07, 6.45) is 3.29. The van der Waals surface area contributed by atoms with Crippen LogP contribution in [0.15, 0.2) is 28.9 Å². The fourth-order valence-electron chi connectivity index (χ4n) is 3.27. The summed E-state index contributed by atoms with van der Waals surface area (Å²) in [4.78, 5) is 21.3. The topological polar surface area (TPSA) is 60.7 Å². The number of aromatic nitrogens is 4. The van der Waals surface area contributed by atoms with Gasteiger partial charge in [-0.2, -0.15) is 10.1 Å². The van der Waals surface area contributed by atoms with E-state index < -0.39 is 5.92 Å². The second-order valence-electron chi connectivity index (χ2n) is 5.93. The fourth-order valence-corrected chi connectivity index (χ4v) is 3.82. The Morgan fingerprint density at radius 3 is 3.00 bits per heavy atom. The summed E-state index contributed by atoms with van der Waals surface area (Å²) in [7, 11) is 0. The quantitative estimate of drug-likeness (QED) is 0.620. The summed E-state index contributed by atoms with van der Waals surface area (Å²) in [6.45, 7) is 2.87. The molecule has 7 heteroatoms. The second kappa shape index (κ2) is 5.93. The van der Waals surface area contributed by atoms with Crippen LogP contribution in [0.2, 0.25) is 5.28 Å². The van der Waals surface area contributed by atoms with Crippen molar-refractivity contribution in [2.75, 3.05) is 0 Å². The largest absolute Gasteiger partial charge is 0.298 e. The number of rotatable bonds is 3. The average Bonchev–Trinajstić information content (AvgIpc) is 3.06. The van der Waals surface area contributed by atoms with Gasteiger partial charge >= 0.3 is 0 Å². The maximum absolute atomic E-state index is 12.7. The highest BCUT2D eigenvalue weighted by atomic mass is 79.9. The van der Waals surface area contributed by atoms with E-state index in [4.69, 9.17) is 11.6 Å². The van der Waals surface area contributed by atoms with Crippen molar-refractivity contribution in [2.24, 2.45) is 0 Å². The molecule has 0 bridgehead atoms. The van der Waals surface area contributed by atoms with Crippen LogP contribution in [0.4, 0.5) is 0 Å². The number of benzene rings is 1. The molecule has 2 aromatic heterocycles. The lowest BCUT2D eigenvalue weighted by Gasteiger charge is -2.11. The van der Waals surface area contributed by atoms with Gasteiger partial charge in [-0.1, -0.05) is 28.9 Å². The summed E-state index contributed by atoms with van der Waals surface area (Å²) in [5.74, 6) is -0.290. The number of fused-ring (bicyclic) bond motifs is 2. The van der Waals surface area contributed by atoms with Crippen LogP contribution in [0.25, 0.3) is 11.0 Å². The van der Waals surface area contributed by atoms with Gasteiger partial charge in [-0.05, 0) is 41.3 Å². The van der Waals surface area contributed by atoms with Crippen molar-refractivity contribution in [1.29, 1.82) is 0 Å². The Balaban J connectivity index is 1.93. The van der Waals surface area contributed by atoms with Crippen molar-refractivity contribution in [1.82, 2.24) is 19.7 Å². The van der Waals surface area contributed by atoms with Crippen LogP contribution in [0.5, 0.6) is 0 Å². The Kier molecular flexibility index (Phi) is 3.89. The number of nitrogens with zero attached hydrogens (tertiary/aromatic N) is 4. The van der Waals surface area contributed by atoms with Crippen LogP contribution < -0.4 is 0 Å². The predicted octanol–water partition coefficient (Wildman–Crippen LogP) is 3.91. The lowest BCUT2D eigenvalue weighted by Crippen LogP contribution is -2.11. The zero-order chi connectivity index (χ0) is 16.8. The molecule has 0 saturated heterocycles. The highest BCUT2D eigenvalue weighted by molar-refractivity contribution is 9.10. The van der Waals surface area contributed by atoms with Gasteiger partial charge in [0, 0.05) is 23.6 Å². The van der Waals surface area contributed by atoms with Crippen LogP contribution >= 0.6 is 27.5 Å². The van der Waals surface area contributed by atoms with Crippen LogP contribution in [-0.2, 0) is 17.8 Å². The molecule has 5 nitrogen and oxygen atoms in total. The number of aryl methyl sites for hydroxylation is 1. The summed E-state index contributed by atoms with van der Waals surface area (Å²) < 4.78 is 2.78. The number of Topliss-reactive ketones (excluding diaryl/α,β-unsaturated/α-hetero) is 1. The van der Waals surface area contributed by atoms with E-state index >= 15 is 0 Å². The number of halogens is 2. The molecule has 1 aliphatic rings. The van der Waals surface area contributed by atoms with E-state index in [0.29, 0.717) is 17.8 Å². The first-order chi connectivity index (χ1) is 11.6. The Morgan fingerprint density at radius 1 is 1.38 bits per heavy atom. The van der Waals surface area contributed by atoms with E-state index in [0.717, 1.165) is 34.0 Å². The van der Waals surface area contributed by atoms with Gasteiger partial charge in [0.05, 0.1) is 17.0 Å². The van der Waals surface area contributed by atoms with Gasteiger partial charge in [-0.3, -0.25) is 9.48 Å². The van der Waals surface area contributed by atoms with Crippen molar-refractivity contribution >= 4 is 44.3 Å². The van der Waals surface area contributed by atoms with Gasteiger partial charge in [0.25, 0.3) is 0 Å². The van der Waals surface area contributed by atoms with E-state index in [1.54, 1.807) is 0 Å². The Hall–Kier alpha value is -1.79. The maximum Gasteiger partial charge on any atom is 0.224 e. The molecular weight excluding hydrogens is 392 g/mol. The zero-order valence-electron chi connectivity index (χ0n) is 13.0. The van der Waals surface area contributed by atoms with Gasteiger partial charge < -0.3 is 0 Å². The minimum Gasteiger partial charge on any atom is -0.298 e. The summed E-state index contributed by atoms with van der Waals surface area (Å²) in [5, 5.41) is 5.37. The molecule has 122 valence electrons. The van der Waals surface area contributed by atoms with E-state index in [9.17, 15) is 4.79 Å². The van der Waals surface area contributed by atoms with E-state index in [1.165, 1.54) is 0 Å². The molecule has 0 N–H and O–H groups in total. The molecule has 1 aromatic carbocycles. The highest BCUT2D eigenvalue weighted by Gasteiger charge is 2.35. The molecule has 2 heterocycles. The molecule has 1 atom stereocenters. The number of carbonyl (C=O) groups is 1. The van der Waals surface area contributed by atoms with Crippen molar-refractivity contribution in [3.8, 4) is 0 Å². The molecule has 1 aliphatic carbocycles. The third-order valence-electron chi connectivity index (χ3n) is 4.26. The monoisotopic (exact) mass is 404 g/mol. The second-order valence-corrected chi connectivity index (χ2v) is 7.18. The zero-order valence-corrected chi connectivity index (χ0v) is 15.3. The number of carbonyl (C=O) groups excluding carboxylic acids is 1. The molecule has 0 amide bonds. The van der Waals surface area contributed by atoms with Gasteiger partial charge in [0.15, 0.2) is 11.4 Å².